The van der Waals surface area contributed by atoms with Crippen molar-refractivity contribution in [3.63, 3.8) is 0 Å². The molecule has 1 atom stereocenters. The maximum Gasteiger partial charge on any atom is 0.0410 e. The van der Waals surface area contributed by atoms with Crippen molar-refractivity contribution in [2.24, 2.45) is 0 Å². The van der Waals surface area contributed by atoms with Gasteiger partial charge in [0.15, 0.2) is 0 Å². The van der Waals surface area contributed by atoms with Crippen molar-refractivity contribution in [2.75, 3.05) is 27.2 Å². The third-order valence-electron chi connectivity index (χ3n) is 2.80. The zero-order valence-electron chi connectivity index (χ0n) is 9.99. The van der Waals surface area contributed by atoms with Crippen LogP contribution in [0.5, 0.6) is 0 Å². The minimum atomic E-state index is 0.555. The number of unbranched alkanes of at least 4 members (excludes halogenated alkanes) is 1. The first-order valence-electron chi connectivity index (χ1n) is 5.64. The molecule has 0 saturated carbocycles. The van der Waals surface area contributed by atoms with Gasteiger partial charge in [0.1, 0.15) is 0 Å². The number of hydrogen-bond donors (Lipinski definition) is 1. The van der Waals surface area contributed by atoms with Crippen LogP contribution in [0.3, 0.4) is 0 Å². The molecule has 1 N–H and O–H groups in total. The first kappa shape index (κ1) is 12.7. The van der Waals surface area contributed by atoms with Crippen molar-refractivity contribution in [3.8, 4) is 0 Å². The topological polar surface area (TPSA) is 15.3 Å². The monoisotopic (exact) mass is 226 g/mol. The zero-order chi connectivity index (χ0) is 11.1. The second-order valence-electron chi connectivity index (χ2n) is 3.98. The summed E-state index contributed by atoms with van der Waals surface area (Å²) in [6.07, 6.45) is 2.53. The van der Waals surface area contributed by atoms with Crippen molar-refractivity contribution in [1.29, 1.82) is 0 Å². The molecule has 1 rings (SSSR count). The van der Waals surface area contributed by atoms with Gasteiger partial charge in [-0.25, -0.2) is 0 Å². The molecule has 15 heavy (non-hydrogen) atoms. The molecule has 0 spiro atoms. The van der Waals surface area contributed by atoms with E-state index >= 15 is 0 Å². The highest BCUT2D eigenvalue weighted by Gasteiger charge is 2.11. The number of nitrogens with one attached hydrogen (secondary N) is 1. The Balaban J connectivity index is 2.24. The van der Waals surface area contributed by atoms with Gasteiger partial charge >= 0.3 is 0 Å². The van der Waals surface area contributed by atoms with Crippen molar-refractivity contribution >= 4 is 11.3 Å². The maximum atomic E-state index is 3.18. The maximum absolute atomic E-state index is 3.18. The smallest absolute Gasteiger partial charge is 0.0410 e. The van der Waals surface area contributed by atoms with Gasteiger partial charge in [-0.05, 0) is 58.4 Å². The zero-order valence-corrected chi connectivity index (χ0v) is 10.8. The lowest BCUT2D eigenvalue weighted by Crippen LogP contribution is -2.23. The Kier molecular flexibility index (Phi) is 5.91. The lowest BCUT2D eigenvalue weighted by atomic mass is 10.2. The Morgan fingerprint density at radius 1 is 1.47 bits per heavy atom. The molecule has 0 radical (unpaired) electrons. The fraction of sp³-hybridized carbons (Fsp3) is 0.667. The van der Waals surface area contributed by atoms with Gasteiger partial charge in [-0.1, -0.05) is 6.07 Å². The lowest BCUT2D eigenvalue weighted by molar-refractivity contribution is 0.259. The number of nitrogens with zero attached hydrogens (tertiary/aromatic N) is 1. The van der Waals surface area contributed by atoms with E-state index in [0.29, 0.717) is 6.04 Å². The van der Waals surface area contributed by atoms with E-state index in [0.717, 1.165) is 6.54 Å². The molecule has 1 aromatic rings. The van der Waals surface area contributed by atoms with Gasteiger partial charge in [-0.3, -0.25) is 4.90 Å². The van der Waals surface area contributed by atoms with Crippen LogP contribution in [0.25, 0.3) is 0 Å². The third-order valence-corrected chi connectivity index (χ3v) is 3.85. The summed E-state index contributed by atoms with van der Waals surface area (Å²) in [4.78, 5) is 3.90. The van der Waals surface area contributed by atoms with E-state index in [9.17, 15) is 0 Å². The van der Waals surface area contributed by atoms with Crippen molar-refractivity contribution in [2.45, 2.75) is 25.8 Å². The number of thiophene rings is 1. The molecule has 1 heterocycles. The second-order valence-corrected chi connectivity index (χ2v) is 4.96. The molecule has 0 saturated heterocycles. The highest BCUT2D eigenvalue weighted by Crippen LogP contribution is 2.23. The molecule has 0 bridgehead atoms. The normalized spacial score (nSPS) is 13.3. The summed E-state index contributed by atoms with van der Waals surface area (Å²) in [5.74, 6) is 0. The lowest BCUT2D eigenvalue weighted by Gasteiger charge is -2.23. The Morgan fingerprint density at radius 3 is 2.87 bits per heavy atom. The van der Waals surface area contributed by atoms with Gasteiger partial charge in [-0.15, -0.1) is 11.3 Å². The molecule has 0 aliphatic heterocycles. The molecule has 1 unspecified atom stereocenters. The van der Waals surface area contributed by atoms with Crippen LogP contribution in [0.4, 0.5) is 0 Å². The summed E-state index contributed by atoms with van der Waals surface area (Å²) in [6.45, 7) is 4.59. The Labute approximate surface area is 97.3 Å². The molecule has 1 aromatic heterocycles. The van der Waals surface area contributed by atoms with Crippen molar-refractivity contribution in [3.05, 3.63) is 22.4 Å². The van der Waals surface area contributed by atoms with Gasteiger partial charge < -0.3 is 5.32 Å². The Hall–Kier alpha value is -0.380. The van der Waals surface area contributed by atoms with Crippen LogP contribution in [-0.4, -0.2) is 32.1 Å². The summed E-state index contributed by atoms with van der Waals surface area (Å²) in [5.41, 5.74) is 0. The fourth-order valence-electron chi connectivity index (χ4n) is 1.60. The SMILES string of the molecule is CNCCCCN(C)C(C)c1cccs1. The highest BCUT2D eigenvalue weighted by atomic mass is 32.1. The summed E-state index contributed by atoms with van der Waals surface area (Å²) in [7, 11) is 4.22. The molecule has 0 aliphatic carbocycles. The average Bonchev–Trinajstić information content (AvgIpc) is 2.76. The molecule has 86 valence electrons. The van der Waals surface area contributed by atoms with E-state index in [-0.39, 0.29) is 0 Å². The fourth-order valence-corrected chi connectivity index (χ4v) is 2.45. The molecule has 0 aromatic carbocycles. The number of rotatable bonds is 7. The van der Waals surface area contributed by atoms with E-state index in [1.165, 1.54) is 24.3 Å². The van der Waals surface area contributed by atoms with Crippen LogP contribution >= 0.6 is 11.3 Å². The van der Waals surface area contributed by atoms with Gasteiger partial charge in [0.2, 0.25) is 0 Å². The molecule has 0 fully saturated rings. The van der Waals surface area contributed by atoms with Gasteiger partial charge in [0.05, 0.1) is 0 Å². The van der Waals surface area contributed by atoms with Gasteiger partial charge in [0.25, 0.3) is 0 Å². The predicted octanol–water partition coefficient (Wildman–Crippen LogP) is 2.74. The quantitative estimate of drug-likeness (QED) is 0.719. The predicted molar refractivity (Wildman–Crippen MR) is 68.5 cm³/mol. The van der Waals surface area contributed by atoms with Crippen LogP contribution in [0, 0.1) is 0 Å². The summed E-state index contributed by atoms with van der Waals surface area (Å²) in [5, 5.41) is 5.34. The van der Waals surface area contributed by atoms with E-state index < -0.39 is 0 Å². The molecule has 3 heteroatoms. The van der Waals surface area contributed by atoms with Crippen LogP contribution in [-0.2, 0) is 0 Å². The van der Waals surface area contributed by atoms with Gasteiger partial charge in [-0.2, -0.15) is 0 Å². The minimum Gasteiger partial charge on any atom is -0.320 e. The summed E-state index contributed by atoms with van der Waals surface area (Å²) < 4.78 is 0. The van der Waals surface area contributed by atoms with Crippen LogP contribution in [0.15, 0.2) is 17.5 Å². The van der Waals surface area contributed by atoms with E-state index in [2.05, 4.69) is 41.7 Å². The summed E-state index contributed by atoms with van der Waals surface area (Å²) in [6, 6.07) is 4.91. The molecule has 2 nitrogen and oxygen atoms in total. The standard InChI is InChI=1S/C12H22N2S/c1-11(12-7-6-10-15-12)14(3)9-5-4-8-13-2/h6-7,10-11,13H,4-5,8-9H2,1-3H3. The second kappa shape index (κ2) is 6.99. The van der Waals surface area contributed by atoms with E-state index in [1.54, 1.807) is 0 Å². The van der Waals surface area contributed by atoms with Crippen LogP contribution < -0.4 is 5.32 Å². The van der Waals surface area contributed by atoms with E-state index in [4.69, 9.17) is 0 Å². The molecule has 0 amide bonds. The van der Waals surface area contributed by atoms with Crippen LogP contribution in [0.1, 0.15) is 30.7 Å². The third kappa shape index (κ3) is 4.33. The largest absolute Gasteiger partial charge is 0.320 e. The van der Waals surface area contributed by atoms with Gasteiger partial charge in [0, 0.05) is 10.9 Å². The van der Waals surface area contributed by atoms with E-state index in [1.807, 2.05) is 18.4 Å². The Morgan fingerprint density at radius 2 is 2.27 bits per heavy atom. The molecule has 0 aliphatic rings. The van der Waals surface area contributed by atoms with Crippen molar-refractivity contribution < 1.29 is 0 Å². The first-order chi connectivity index (χ1) is 7.25. The Bertz CT molecular complexity index is 246. The first-order valence-corrected chi connectivity index (χ1v) is 6.52. The van der Waals surface area contributed by atoms with Crippen LogP contribution in [0.2, 0.25) is 0 Å². The highest BCUT2D eigenvalue weighted by molar-refractivity contribution is 7.10. The van der Waals surface area contributed by atoms with Crippen molar-refractivity contribution in [1.82, 2.24) is 10.2 Å². The minimum absolute atomic E-state index is 0.555. The average molecular weight is 226 g/mol. The molecular weight excluding hydrogens is 204 g/mol. The molecular formula is C12H22N2S. The summed E-state index contributed by atoms with van der Waals surface area (Å²) >= 11 is 1.85. The number of hydrogen-bond acceptors (Lipinski definition) is 3.